The number of ether oxygens (including phenoxy) is 2. The molecular formula is C25H27FN4O3S. The van der Waals surface area contributed by atoms with E-state index >= 15 is 0 Å². The summed E-state index contributed by atoms with van der Waals surface area (Å²) in [5.41, 5.74) is 3.18. The van der Waals surface area contributed by atoms with Crippen molar-refractivity contribution in [2.45, 2.75) is 32.7 Å². The first-order chi connectivity index (χ1) is 16.5. The van der Waals surface area contributed by atoms with Crippen molar-refractivity contribution in [3.8, 4) is 22.9 Å². The highest BCUT2D eigenvalue weighted by molar-refractivity contribution is 7.80. The molecule has 0 saturated carbocycles. The smallest absolute Gasteiger partial charge is 0.258 e. The van der Waals surface area contributed by atoms with Crippen molar-refractivity contribution in [2.75, 3.05) is 20.8 Å². The summed E-state index contributed by atoms with van der Waals surface area (Å²) in [4.78, 5) is 6.68. The van der Waals surface area contributed by atoms with Crippen LogP contribution in [0.4, 0.5) is 4.39 Å². The number of hydrogen-bond acceptors (Lipinski definition) is 6. The van der Waals surface area contributed by atoms with Gasteiger partial charge in [0.25, 0.3) is 5.89 Å². The third-order valence-corrected chi connectivity index (χ3v) is 6.16. The Kier molecular flexibility index (Phi) is 7.12. The first-order valence-corrected chi connectivity index (χ1v) is 11.5. The molecule has 1 atom stereocenters. The van der Waals surface area contributed by atoms with Gasteiger partial charge in [0.1, 0.15) is 5.75 Å². The quantitative estimate of drug-likeness (QED) is 0.431. The van der Waals surface area contributed by atoms with E-state index in [1.807, 2.05) is 31.2 Å². The van der Waals surface area contributed by atoms with Crippen LogP contribution in [-0.2, 0) is 0 Å². The monoisotopic (exact) mass is 482 g/mol. The molecule has 178 valence electrons. The van der Waals surface area contributed by atoms with Crippen molar-refractivity contribution < 1.29 is 18.4 Å². The molecule has 0 aliphatic carbocycles. The van der Waals surface area contributed by atoms with E-state index in [2.05, 4.69) is 27.3 Å². The summed E-state index contributed by atoms with van der Waals surface area (Å²) >= 11 is 5.71. The molecule has 2 heterocycles. The molecule has 9 heteroatoms. The highest BCUT2D eigenvalue weighted by Gasteiger charge is 2.34. The van der Waals surface area contributed by atoms with Crippen LogP contribution in [0.15, 0.2) is 52.7 Å². The number of rotatable bonds is 8. The van der Waals surface area contributed by atoms with Gasteiger partial charge >= 0.3 is 0 Å². The van der Waals surface area contributed by atoms with E-state index in [9.17, 15) is 4.39 Å². The average Bonchev–Trinajstić information content (AvgIpc) is 3.33. The van der Waals surface area contributed by atoms with E-state index in [0.717, 1.165) is 42.0 Å². The van der Waals surface area contributed by atoms with Gasteiger partial charge in [-0.1, -0.05) is 30.6 Å². The Bertz CT molecular complexity index is 1230. The summed E-state index contributed by atoms with van der Waals surface area (Å²) in [6.07, 6.45) is 2.02. The zero-order valence-corrected chi connectivity index (χ0v) is 20.4. The van der Waals surface area contributed by atoms with Gasteiger partial charge < -0.3 is 24.2 Å². The van der Waals surface area contributed by atoms with Crippen molar-refractivity contribution in [3.05, 3.63) is 65.4 Å². The zero-order chi connectivity index (χ0) is 24.2. The fourth-order valence-corrected chi connectivity index (χ4v) is 4.32. The van der Waals surface area contributed by atoms with E-state index in [1.165, 1.54) is 19.2 Å². The van der Waals surface area contributed by atoms with E-state index in [0.29, 0.717) is 16.6 Å². The third kappa shape index (κ3) is 4.61. The number of allylic oxidation sites excluding steroid dienone is 1. The van der Waals surface area contributed by atoms with Crippen LogP contribution in [-0.4, -0.2) is 40.9 Å². The average molecular weight is 483 g/mol. The zero-order valence-electron chi connectivity index (χ0n) is 19.6. The molecule has 3 aromatic rings. The maximum absolute atomic E-state index is 14.3. The Balaban J connectivity index is 1.79. The maximum atomic E-state index is 14.3. The molecule has 0 amide bonds. The number of aromatic nitrogens is 2. The van der Waals surface area contributed by atoms with Gasteiger partial charge in [-0.2, -0.15) is 4.98 Å². The van der Waals surface area contributed by atoms with Gasteiger partial charge in [0, 0.05) is 17.8 Å². The Morgan fingerprint density at radius 1 is 1.18 bits per heavy atom. The van der Waals surface area contributed by atoms with Crippen LogP contribution in [0.3, 0.4) is 0 Å². The lowest BCUT2D eigenvalue weighted by Crippen LogP contribution is -2.46. The molecule has 1 aromatic heterocycles. The van der Waals surface area contributed by atoms with Crippen LogP contribution < -0.4 is 14.8 Å². The number of halogens is 1. The predicted octanol–water partition coefficient (Wildman–Crippen LogP) is 5.36. The summed E-state index contributed by atoms with van der Waals surface area (Å²) in [6.45, 7) is 4.91. The van der Waals surface area contributed by atoms with Gasteiger partial charge in [-0.3, -0.25) is 0 Å². The van der Waals surface area contributed by atoms with Crippen LogP contribution in [0.5, 0.6) is 11.5 Å². The molecule has 1 aliphatic rings. The topological polar surface area (TPSA) is 72.7 Å². The second kappa shape index (κ2) is 10.2. The Labute approximate surface area is 203 Å². The summed E-state index contributed by atoms with van der Waals surface area (Å²) in [6, 6.07) is 12.0. The first kappa shape index (κ1) is 23.7. The number of nitrogens with zero attached hydrogens (tertiary/aromatic N) is 3. The van der Waals surface area contributed by atoms with E-state index in [4.69, 9.17) is 26.2 Å². The lowest BCUT2D eigenvalue weighted by atomic mass is 9.94. The van der Waals surface area contributed by atoms with Crippen molar-refractivity contribution >= 4 is 22.9 Å². The molecule has 7 nitrogen and oxygen atoms in total. The third-order valence-electron chi connectivity index (χ3n) is 5.83. The lowest BCUT2D eigenvalue weighted by Gasteiger charge is -2.37. The van der Waals surface area contributed by atoms with Gasteiger partial charge in [0.05, 0.1) is 25.8 Å². The summed E-state index contributed by atoms with van der Waals surface area (Å²) in [5.74, 6) is 1.02. The van der Waals surface area contributed by atoms with Crippen LogP contribution in [0.2, 0.25) is 0 Å². The minimum Gasteiger partial charge on any atom is -0.497 e. The minimum absolute atomic E-state index is 0.153. The molecule has 0 saturated heterocycles. The van der Waals surface area contributed by atoms with Crippen LogP contribution in [0.25, 0.3) is 17.0 Å². The molecule has 1 N–H and O–H groups in total. The fraction of sp³-hybridized carbons (Fsp3) is 0.320. The number of thiocarbonyl (C=S) groups is 1. The molecular weight excluding hydrogens is 455 g/mol. The lowest BCUT2D eigenvalue weighted by molar-refractivity contribution is 0.386. The van der Waals surface area contributed by atoms with Crippen LogP contribution in [0.1, 0.15) is 44.2 Å². The van der Waals surface area contributed by atoms with Crippen molar-refractivity contribution in [1.29, 1.82) is 0 Å². The Morgan fingerprint density at radius 3 is 2.71 bits per heavy atom. The Hall–Kier alpha value is -3.46. The standard InChI is InChI=1S/C25H27FN4O3S/c1-5-6-12-30-15(2)21(22(27-25(30)34)16-8-7-9-18(13-16)31-3)24-28-23(29-33-24)17-10-11-20(32-4)19(26)14-17/h7-11,13-14,22H,5-6,12H2,1-4H3,(H,27,34). The van der Waals surface area contributed by atoms with Crippen molar-refractivity contribution in [2.24, 2.45) is 0 Å². The van der Waals surface area contributed by atoms with E-state index < -0.39 is 5.82 Å². The second-order valence-electron chi connectivity index (χ2n) is 7.94. The molecule has 1 aliphatic heterocycles. The summed E-state index contributed by atoms with van der Waals surface area (Å²) < 4.78 is 30.4. The molecule has 2 aromatic carbocycles. The molecule has 0 spiro atoms. The van der Waals surface area contributed by atoms with Gasteiger partial charge in [-0.05, 0) is 61.5 Å². The largest absolute Gasteiger partial charge is 0.497 e. The predicted molar refractivity (Wildman–Crippen MR) is 132 cm³/mol. The van der Waals surface area contributed by atoms with Gasteiger partial charge in [0.15, 0.2) is 16.7 Å². The molecule has 34 heavy (non-hydrogen) atoms. The van der Waals surface area contributed by atoms with Crippen LogP contribution in [0, 0.1) is 5.82 Å². The number of unbranched alkanes of at least 4 members (excludes halogenated alkanes) is 1. The molecule has 4 rings (SSSR count). The molecule has 0 fully saturated rings. The molecule has 0 bridgehead atoms. The fourth-order valence-electron chi connectivity index (χ4n) is 3.97. The number of nitrogens with one attached hydrogen (secondary N) is 1. The van der Waals surface area contributed by atoms with Crippen molar-refractivity contribution in [3.63, 3.8) is 0 Å². The minimum atomic E-state index is -0.494. The number of hydrogen-bond donors (Lipinski definition) is 1. The van der Waals surface area contributed by atoms with Gasteiger partial charge in [-0.15, -0.1) is 0 Å². The second-order valence-corrected chi connectivity index (χ2v) is 8.32. The number of methoxy groups -OCH3 is 2. The maximum Gasteiger partial charge on any atom is 0.258 e. The highest BCUT2D eigenvalue weighted by Crippen LogP contribution is 2.38. The van der Waals surface area contributed by atoms with E-state index in [-0.39, 0.29) is 17.6 Å². The van der Waals surface area contributed by atoms with Crippen molar-refractivity contribution in [1.82, 2.24) is 20.4 Å². The summed E-state index contributed by atoms with van der Waals surface area (Å²) in [7, 11) is 3.05. The van der Waals surface area contributed by atoms with E-state index in [1.54, 1.807) is 13.2 Å². The van der Waals surface area contributed by atoms with Gasteiger partial charge in [0.2, 0.25) is 5.82 Å². The van der Waals surface area contributed by atoms with Gasteiger partial charge in [-0.25, -0.2) is 4.39 Å². The SMILES string of the molecule is CCCCN1C(=S)NC(c2cccc(OC)c2)C(c2nc(-c3ccc(OC)c(F)c3)no2)=C1C. The van der Waals surface area contributed by atoms with Crippen LogP contribution >= 0.6 is 12.2 Å². The first-order valence-electron chi connectivity index (χ1n) is 11.1. The summed E-state index contributed by atoms with van der Waals surface area (Å²) in [5, 5.41) is 8.20. The Morgan fingerprint density at radius 2 is 2.00 bits per heavy atom. The molecule has 0 radical (unpaired) electrons. The normalized spacial score (nSPS) is 16.0. The molecule has 1 unspecified atom stereocenters. The number of benzene rings is 2. The highest BCUT2D eigenvalue weighted by atomic mass is 32.1.